The minimum absolute atomic E-state index is 0.800. The van der Waals surface area contributed by atoms with Crippen LogP contribution in [0.1, 0.15) is 5.56 Å². The Balaban J connectivity index is 1.98. The zero-order valence-corrected chi connectivity index (χ0v) is 12.3. The molecule has 0 fully saturated rings. The predicted octanol–water partition coefficient (Wildman–Crippen LogP) is 3.67. The summed E-state index contributed by atoms with van der Waals surface area (Å²) in [6.45, 7) is 0.800. The van der Waals surface area contributed by atoms with E-state index in [4.69, 9.17) is 0 Å². The van der Waals surface area contributed by atoms with Gasteiger partial charge in [0.2, 0.25) is 0 Å². The average molecular weight is 288 g/mol. The fourth-order valence-corrected chi connectivity index (χ4v) is 2.86. The van der Waals surface area contributed by atoms with Gasteiger partial charge in [0, 0.05) is 19.0 Å². The fourth-order valence-electron chi connectivity index (χ4n) is 2.86. The molecule has 0 spiro atoms. The van der Waals surface area contributed by atoms with Gasteiger partial charge in [-0.2, -0.15) is 0 Å². The van der Waals surface area contributed by atoms with Gasteiger partial charge in [-0.3, -0.25) is 0 Å². The lowest BCUT2D eigenvalue weighted by Crippen LogP contribution is -2.00. The largest absolute Gasteiger partial charge is 0.371 e. The van der Waals surface area contributed by atoms with Gasteiger partial charge >= 0.3 is 0 Å². The highest BCUT2D eigenvalue weighted by Crippen LogP contribution is 2.28. The molecule has 2 heterocycles. The van der Waals surface area contributed by atoms with Crippen molar-refractivity contribution in [2.24, 2.45) is 0 Å². The maximum absolute atomic E-state index is 4.66. The molecule has 2 aromatic heterocycles. The van der Waals surface area contributed by atoms with Gasteiger partial charge in [0.05, 0.1) is 17.4 Å². The number of fused-ring (bicyclic) bond motifs is 3. The lowest BCUT2D eigenvalue weighted by molar-refractivity contribution is 0.827. The number of imidazole rings is 1. The molecule has 108 valence electrons. The molecule has 4 aromatic rings. The van der Waals surface area contributed by atoms with Crippen molar-refractivity contribution in [1.82, 2.24) is 14.5 Å². The molecule has 0 radical (unpaired) electrons. The number of rotatable bonds is 3. The van der Waals surface area contributed by atoms with Crippen molar-refractivity contribution in [2.45, 2.75) is 6.54 Å². The van der Waals surface area contributed by atoms with Crippen molar-refractivity contribution in [3.63, 3.8) is 0 Å². The van der Waals surface area contributed by atoms with Crippen molar-refractivity contribution < 1.29 is 0 Å². The Morgan fingerprint density at radius 3 is 2.59 bits per heavy atom. The molecule has 0 amide bonds. The van der Waals surface area contributed by atoms with Crippen LogP contribution in [0.2, 0.25) is 0 Å². The van der Waals surface area contributed by atoms with E-state index in [9.17, 15) is 0 Å². The fraction of sp³-hybridized carbons (Fsp3) is 0.111. The summed E-state index contributed by atoms with van der Waals surface area (Å²) in [5, 5.41) is 4.28. The first-order chi connectivity index (χ1) is 10.9. The van der Waals surface area contributed by atoms with E-state index < -0.39 is 0 Å². The van der Waals surface area contributed by atoms with Crippen LogP contribution in [-0.2, 0) is 6.54 Å². The second-order valence-electron chi connectivity index (χ2n) is 5.28. The molecule has 0 saturated carbocycles. The van der Waals surface area contributed by atoms with Crippen LogP contribution in [0.3, 0.4) is 0 Å². The Kier molecular flexibility index (Phi) is 3.00. The first-order valence-electron chi connectivity index (χ1n) is 7.32. The van der Waals surface area contributed by atoms with Crippen molar-refractivity contribution in [2.75, 3.05) is 12.4 Å². The first kappa shape index (κ1) is 12.8. The Bertz CT molecular complexity index is 941. The van der Waals surface area contributed by atoms with E-state index >= 15 is 0 Å². The molecule has 4 nitrogen and oxygen atoms in total. The van der Waals surface area contributed by atoms with Gasteiger partial charge in [-0.05, 0) is 11.6 Å². The van der Waals surface area contributed by atoms with E-state index in [0.29, 0.717) is 0 Å². The molecule has 0 unspecified atom stereocenters. The van der Waals surface area contributed by atoms with E-state index in [1.165, 1.54) is 5.56 Å². The molecule has 0 aliphatic carbocycles. The van der Waals surface area contributed by atoms with Gasteiger partial charge in [0.1, 0.15) is 5.52 Å². The number of hydrogen-bond donors (Lipinski definition) is 1. The first-order valence-corrected chi connectivity index (χ1v) is 7.32. The summed E-state index contributed by atoms with van der Waals surface area (Å²) in [7, 11) is 1.88. The zero-order chi connectivity index (χ0) is 14.9. The Morgan fingerprint density at radius 1 is 1.00 bits per heavy atom. The van der Waals surface area contributed by atoms with Gasteiger partial charge in [-0.15, -0.1) is 0 Å². The molecule has 0 bridgehead atoms. The highest BCUT2D eigenvalue weighted by Gasteiger charge is 2.13. The Hall–Kier alpha value is -2.88. The summed E-state index contributed by atoms with van der Waals surface area (Å²) in [5.74, 6) is 0.820. The highest BCUT2D eigenvalue weighted by atomic mass is 15.1. The summed E-state index contributed by atoms with van der Waals surface area (Å²) in [6, 6.07) is 18.6. The summed E-state index contributed by atoms with van der Waals surface area (Å²) >= 11 is 0. The number of pyridine rings is 1. The van der Waals surface area contributed by atoms with Crippen LogP contribution in [0, 0.1) is 0 Å². The topological polar surface area (TPSA) is 42.7 Å². The Labute approximate surface area is 128 Å². The minimum Gasteiger partial charge on any atom is -0.371 e. The van der Waals surface area contributed by atoms with Crippen LogP contribution >= 0.6 is 0 Å². The molecule has 2 aromatic carbocycles. The van der Waals surface area contributed by atoms with Crippen LogP contribution < -0.4 is 5.32 Å². The van der Waals surface area contributed by atoms with E-state index in [0.717, 1.165) is 34.3 Å². The minimum atomic E-state index is 0.800. The molecule has 0 aliphatic rings. The van der Waals surface area contributed by atoms with Crippen molar-refractivity contribution in [3.8, 4) is 0 Å². The number of benzene rings is 2. The number of aromatic nitrogens is 3. The third-order valence-electron chi connectivity index (χ3n) is 3.89. The van der Waals surface area contributed by atoms with Crippen molar-refractivity contribution >= 4 is 27.8 Å². The van der Waals surface area contributed by atoms with Crippen molar-refractivity contribution in [3.05, 3.63) is 66.5 Å². The monoisotopic (exact) mass is 288 g/mol. The molecule has 4 heteroatoms. The summed E-state index contributed by atoms with van der Waals surface area (Å²) in [6.07, 6.45) is 1.90. The summed E-state index contributed by atoms with van der Waals surface area (Å²) in [4.78, 5) is 9.23. The van der Waals surface area contributed by atoms with Crippen LogP contribution in [0.25, 0.3) is 21.9 Å². The quantitative estimate of drug-likeness (QED) is 0.625. The molecule has 4 rings (SSSR count). The second-order valence-corrected chi connectivity index (χ2v) is 5.28. The average Bonchev–Trinajstić information content (AvgIpc) is 2.99. The normalized spacial score (nSPS) is 11.1. The lowest BCUT2D eigenvalue weighted by Gasteiger charge is -2.09. The Morgan fingerprint density at radius 2 is 1.77 bits per heavy atom. The zero-order valence-electron chi connectivity index (χ0n) is 12.3. The van der Waals surface area contributed by atoms with Crippen molar-refractivity contribution in [1.29, 1.82) is 0 Å². The van der Waals surface area contributed by atoms with E-state index in [1.54, 1.807) is 0 Å². The maximum atomic E-state index is 4.66. The highest BCUT2D eigenvalue weighted by molar-refractivity contribution is 6.06. The third kappa shape index (κ3) is 2.00. The van der Waals surface area contributed by atoms with Gasteiger partial charge in [0.15, 0.2) is 5.82 Å². The maximum Gasteiger partial charge on any atom is 0.154 e. The van der Waals surface area contributed by atoms with E-state index in [2.05, 4.69) is 50.2 Å². The summed E-state index contributed by atoms with van der Waals surface area (Å²) < 4.78 is 2.19. The lowest BCUT2D eigenvalue weighted by atomic mass is 10.1. The molecule has 1 N–H and O–H groups in total. The molecule has 0 saturated heterocycles. The molecular weight excluding hydrogens is 272 g/mol. The smallest absolute Gasteiger partial charge is 0.154 e. The predicted molar refractivity (Wildman–Crippen MR) is 90.1 cm³/mol. The van der Waals surface area contributed by atoms with E-state index in [1.807, 2.05) is 37.6 Å². The molecule has 0 atom stereocenters. The number of anilines is 1. The van der Waals surface area contributed by atoms with Crippen LogP contribution in [0.5, 0.6) is 0 Å². The SMILES string of the molecule is CNc1nc2ccccc2c2c1ncn2Cc1ccccc1. The van der Waals surface area contributed by atoms with Gasteiger partial charge in [-0.1, -0.05) is 48.5 Å². The number of nitrogens with one attached hydrogen (secondary N) is 1. The second kappa shape index (κ2) is 5.15. The standard InChI is InChI=1S/C18H16N4/c1-19-18-16-17(14-9-5-6-10-15(14)21-18)22(12-20-16)11-13-7-3-2-4-8-13/h2-10,12H,11H2,1H3,(H,19,21). The third-order valence-corrected chi connectivity index (χ3v) is 3.89. The number of nitrogens with zero attached hydrogens (tertiary/aromatic N) is 3. The van der Waals surface area contributed by atoms with Crippen LogP contribution in [0.15, 0.2) is 60.9 Å². The van der Waals surface area contributed by atoms with Crippen LogP contribution in [-0.4, -0.2) is 21.6 Å². The molecular formula is C18H16N4. The number of para-hydroxylation sites is 1. The number of hydrogen-bond acceptors (Lipinski definition) is 3. The van der Waals surface area contributed by atoms with Crippen LogP contribution in [0.4, 0.5) is 5.82 Å². The van der Waals surface area contributed by atoms with Gasteiger partial charge < -0.3 is 9.88 Å². The van der Waals surface area contributed by atoms with Gasteiger partial charge in [0.25, 0.3) is 0 Å². The summed E-state index contributed by atoms with van der Waals surface area (Å²) in [5.41, 5.74) is 4.28. The van der Waals surface area contributed by atoms with Gasteiger partial charge in [-0.25, -0.2) is 9.97 Å². The molecule has 0 aliphatic heterocycles. The van der Waals surface area contributed by atoms with E-state index in [-0.39, 0.29) is 0 Å². The molecule has 22 heavy (non-hydrogen) atoms.